The molecule has 11 heteroatoms. The third-order valence-electron chi connectivity index (χ3n) is 6.36. The fourth-order valence-corrected chi connectivity index (χ4v) is 5.18. The van der Waals surface area contributed by atoms with E-state index in [1.54, 1.807) is 6.92 Å². The highest BCUT2D eigenvalue weighted by atomic mass is 32.2. The maximum atomic E-state index is 13.5. The van der Waals surface area contributed by atoms with Gasteiger partial charge in [-0.05, 0) is 37.8 Å². The maximum Gasteiger partial charge on any atom is 0.271 e. The Labute approximate surface area is 211 Å². The Kier molecular flexibility index (Phi) is 9.03. The van der Waals surface area contributed by atoms with E-state index in [9.17, 15) is 28.1 Å². The van der Waals surface area contributed by atoms with Gasteiger partial charge in [-0.2, -0.15) is 0 Å². The number of nitrogens with zero attached hydrogens (tertiary/aromatic N) is 3. The van der Waals surface area contributed by atoms with Crippen LogP contribution < -0.4 is 9.62 Å². The van der Waals surface area contributed by atoms with Crippen LogP contribution in [0.4, 0.5) is 11.4 Å². The molecule has 2 aromatic rings. The molecule has 0 radical (unpaired) electrons. The number of hydrogen-bond acceptors (Lipinski definition) is 6. The predicted molar refractivity (Wildman–Crippen MR) is 137 cm³/mol. The number of nitro benzene ring substituents is 1. The Morgan fingerprint density at radius 2 is 1.78 bits per heavy atom. The first-order valence-electron chi connectivity index (χ1n) is 11.9. The van der Waals surface area contributed by atoms with Gasteiger partial charge >= 0.3 is 0 Å². The topological polar surface area (TPSA) is 130 Å². The zero-order valence-corrected chi connectivity index (χ0v) is 21.3. The minimum atomic E-state index is -3.96. The van der Waals surface area contributed by atoms with Crippen LogP contribution in [0.3, 0.4) is 0 Å². The van der Waals surface area contributed by atoms with Crippen molar-refractivity contribution in [3.63, 3.8) is 0 Å². The zero-order valence-electron chi connectivity index (χ0n) is 20.5. The molecule has 10 nitrogen and oxygen atoms in total. The van der Waals surface area contributed by atoms with Gasteiger partial charge in [0.05, 0.1) is 16.9 Å². The summed E-state index contributed by atoms with van der Waals surface area (Å²) in [5, 5.41) is 14.2. The summed E-state index contributed by atoms with van der Waals surface area (Å²) in [7, 11) is -3.96. The number of sulfonamides is 1. The Bertz CT molecular complexity index is 1180. The van der Waals surface area contributed by atoms with E-state index >= 15 is 0 Å². The molecule has 1 saturated carbocycles. The molecule has 0 spiro atoms. The lowest BCUT2D eigenvalue weighted by molar-refractivity contribution is -0.384. The molecule has 0 aliphatic heterocycles. The summed E-state index contributed by atoms with van der Waals surface area (Å²) in [4.78, 5) is 38.5. The van der Waals surface area contributed by atoms with Crippen LogP contribution in [-0.2, 0) is 26.0 Å². The molecule has 3 rings (SSSR count). The van der Waals surface area contributed by atoms with Crippen molar-refractivity contribution < 1.29 is 22.9 Å². The highest BCUT2D eigenvalue weighted by molar-refractivity contribution is 7.92. The summed E-state index contributed by atoms with van der Waals surface area (Å²) in [6, 6.07) is 13.8. The number of hydrogen-bond donors (Lipinski definition) is 1. The number of nitrogens with one attached hydrogen (secondary N) is 1. The molecule has 0 heterocycles. The number of rotatable bonds is 11. The molecule has 1 atom stereocenters. The second kappa shape index (κ2) is 12.0. The number of nitro groups is 1. The van der Waals surface area contributed by atoms with Crippen LogP contribution in [-0.4, -0.2) is 61.5 Å². The molecule has 0 saturated heterocycles. The van der Waals surface area contributed by atoms with Crippen LogP contribution in [0.2, 0.25) is 0 Å². The van der Waals surface area contributed by atoms with Crippen LogP contribution in [0.15, 0.2) is 54.6 Å². The Morgan fingerprint density at radius 1 is 1.11 bits per heavy atom. The van der Waals surface area contributed by atoms with Gasteiger partial charge in [-0.15, -0.1) is 0 Å². The van der Waals surface area contributed by atoms with E-state index in [4.69, 9.17) is 0 Å². The molecule has 1 aliphatic carbocycles. The fraction of sp³-hybridized carbons (Fsp3) is 0.440. The van der Waals surface area contributed by atoms with Gasteiger partial charge in [-0.1, -0.05) is 49.2 Å². The minimum Gasteiger partial charge on any atom is -0.352 e. The molecule has 0 unspecified atom stereocenters. The SMILES string of the molecule is C[C@@H](C(=O)NC1CCCC1)N(CCc1ccccc1)C(=O)CN(c1cccc([N+](=O)[O-])c1)S(C)(=O)=O. The Morgan fingerprint density at radius 3 is 2.39 bits per heavy atom. The van der Waals surface area contributed by atoms with E-state index in [0.717, 1.165) is 47.9 Å². The fourth-order valence-electron chi connectivity index (χ4n) is 4.34. The molecule has 0 bridgehead atoms. The average molecular weight is 517 g/mol. The lowest BCUT2D eigenvalue weighted by atomic mass is 10.1. The molecular weight excluding hydrogens is 484 g/mol. The van der Waals surface area contributed by atoms with Crippen LogP contribution in [0.25, 0.3) is 0 Å². The second-order valence-electron chi connectivity index (χ2n) is 9.04. The van der Waals surface area contributed by atoms with Crippen molar-refractivity contribution in [3.05, 3.63) is 70.3 Å². The molecule has 194 valence electrons. The van der Waals surface area contributed by atoms with Gasteiger partial charge in [0.15, 0.2) is 0 Å². The van der Waals surface area contributed by atoms with E-state index in [-0.39, 0.29) is 29.9 Å². The van der Waals surface area contributed by atoms with Gasteiger partial charge in [0, 0.05) is 24.7 Å². The van der Waals surface area contributed by atoms with Crippen LogP contribution >= 0.6 is 0 Å². The summed E-state index contributed by atoms with van der Waals surface area (Å²) < 4.78 is 26.0. The van der Waals surface area contributed by atoms with E-state index in [1.165, 1.54) is 23.1 Å². The van der Waals surface area contributed by atoms with Crippen molar-refractivity contribution in [2.24, 2.45) is 0 Å². The summed E-state index contributed by atoms with van der Waals surface area (Å²) in [6.07, 6.45) is 5.29. The average Bonchev–Trinajstić information content (AvgIpc) is 3.35. The summed E-state index contributed by atoms with van der Waals surface area (Å²) in [6.45, 7) is 1.25. The Balaban J connectivity index is 1.85. The monoisotopic (exact) mass is 516 g/mol. The molecule has 2 aromatic carbocycles. The highest BCUT2D eigenvalue weighted by Gasteiger charge is 2.31. The third-order valence-corrected chi connectivity index (χ3v) is 7.50. The first-order valence-corrected chi connectivity index (χ1v) is 13.8. The van der Waals surface area contributed by atoms with Gasteiger partial charge in [-0.25, -0.2) is 8.42 Å². The number of non-ortho nitro benzene ring substituents is 1. The van der Waals surface area contributed by atoms with Crippen molar-refractivity contribution in [1.29, 1.82) is 0 Å². The maximum absolute atomic E-state index is 13.5. The first kappa shape index (κ1) is 27.1. The number of benzene rings is 2. The standard InChI is InChI=1S/C25H32N4O6S/c1-19(25(31)26-21-11-6-7-12-21)27(16-15-20-9-4-3-5-10-20)24(30)18-28(36(2,34)35)22-13-8-14-23(17-22)29(32)33/h3-5,8-10,13-14,17,19,21H,6-7,11-12,15-16,18H2,1-2H3,(H,26,31)/t19-/m0/s1. The highest BCUT2D eigenvalue weighted by Crippen LogP contribution is 2.24. The first-order chi connectivity index (χ1) is 17.1. The third kappa shape index (κ3) is 7.27. The Hall–Kier alpha value is -3.47. The van der Waals surface area contributed by atoms with E-state index in [2.05, 4.69) is 5.32 Å². The van der Waals surface area contributed by atoms with Gasteiger partial charge in [0.2, 0.25) is 21.8 Å². The number of anilines is 1. The van der Waals surface area contributed by atoms with Crippen LogP contribution in [0, 0.1) is 10.1 Å². The van der Waals surface area contributed by atoms with Crippen molar-refractivity contribution >= 4 is 33.2 Å². The number of carbonyl (C=O) groups excluding carboxylic acids is 2. The molecule has 0 aromatic heterocycles. The molecular formula is C25H32N4O6S. The molecule has 2 amide bonds. The van der Waals surface area contributed by atoms with Crippen molar-refractivity contribution in [1.82, 2.24) is 10.2 Å². The summed E-state index contributed by atoms with van der Waals surface area (Å²) in [5.74, 6) is -0.860. The van der Waals surface area contributed by atoms with Crippen LogP contribution in [0.5, 0.6) is 0 Å². The lowest BCUT2D eigenvalue weighted by Crippen LogP contribution is -2.53. The normalized spacial score (nSPS) is 14.7. The smallest absolute Gasteiger partial charge is 0.271 e. The van der Waals surface area contributed by atoms with Gasteiger partial charge in [0.1, 0.15) is 12.6 Å². The van der Waals surface area contributed by atoms with E-state index in [1.807, 2.05) is 30.3 Å². The zero-order chi connectivity index (χ0) is 26.3. The summed E-state index contributed by atoms with van der Waals surface area (Å²) in [5.41, 5.74) is 0.683. The molecule has 1 N–H and O–H groups in total. The van der Waals surface area contributed by atoms with Crippen LogP contribution in [0.1, 0.15) is 38.2 Å². The molecule has 36 heavy (non-hydrogen) atoms. The lowest BCUT2D eigenvalue weighted by Gasteiger charge is -2.32. The largest absolute Gasteiger partial charge is 0.352 e. The van der Waals surface area contributed by atoms with E-state index in [0.29, 0.717) is 6.42 Å². The summed E-state index contributed by atoms with van der Waals surface area (Å²) >= 11 is 0. The quantitative estimate of drug-likeness (QED) is 0.361. The van der Waals surface area contributed by atoms with E-state index < -0.39 is 33.4 Å². The van der Waals surface area contributed by atoms with Gasteiger partial charge in [-0.3, -0.25) is 24.0 Å². The van der Waals surface area contributed by atoms with Crippen molar-refractivity contribution in [3.8, 4) is 0 Å². The number of amides is 2. The van der Waals surface area contributed by atoms with Gasteiger partial charge in [0.25, 0.3) is 5.69 Å². The second-order valence-corrected chi connectivity index (χ2v) is 10.9. The molecule has 1 aliphatic rings. The number of carbonyl (C=O) groups is 2. The minimum absolute atomic E-state index is 0.00567. The predicted octanol–water partition coefficient (Wildman–Crippen LogP) is 2.88. The molecule has 1 fully saturated rings. The van der Waals surface area contributed by atoms with Crippen molar-refractivity contribution in [2.45, 2.75) is 51.1 Å². The van der Waals surface area contributed by atoms with Gasteiger partial charge < -0.3 is 10.2 Å². The van der Waals surface area contributed by atoms with Crippen molar-refractivity contribution in [2.75, 3.05) is 23.7 Å².